The molecule has 0 unspecified atom stereocenters. The van der Waals surface area contributed by atoms with Gasteiger partial charge in [-0.15, -0.1) is 0 Å². The van der Waals surface area contributed by atoms with E-state index in [9.17, 15) is 27.6 Å². The van der Waals surface area contributed by atoms with Crippen LogP contribution in [-0.4, -0.2) is 56.7 Å². The molecule has 0 bridgehead atoms. The Morgan fingerprint density at radius 1 is 0.690 bits per heavy atom. The van der Waals surface area contributed by atoms with E-state index in [4.69, 9.17) is 10.2 Å². The number of rotatable bonds is 6. The molecule has 10 nitrogen and oxygen atoms in total. The third-order valence-electron chi connectivity index (χ3n) is 3.87. The number of hydrogen-bond acceptors (Lipinski definition) is 8. The van der Waals surface area contributed by atoms with Gasteiger partial charge in [-0.2, -0.15) is 0 Å². The van der Waals surface area contributed by atoms with Crippen molar-refractivity contribution in [3.63, 3.8) is 0 Å². The topological polar surface area (TPSA) is 161 Å². The lowest BCUT2D eigenvalue weighted by Gasteiger charge is -2.11. The van der Waals surface area contributed by atoms with E-state index in [1.165, 1.54) is 0 Å². The minimum Gasteiger partial charge on any atom is -0.478 e. The van der Waals surface area contributed by atoms with Gasteiger partial charge in [0.1, 0.15) is 0 Å². The van der Waals surface area contributed by atoms with E-state index in [2.05, 4.69) is 9.47 Å². The lowest BCUT2D eigenvalue weighted by atomic mass is 10.1. The van der Waals surface area contributed by atoms with E-state index in [0.29, 0.717) is 0 Å². The van der Waals surface area contributed by atoms with Crippen molar-refractivity contribution in [2.45, 2.75) is 9.79 Å². The van der Waals surface area contributed by atoms with Gasteiger partial charge in [0.05, 0.1) is 46.3 Å². The van der Waals surface area contributed by atoms with Crippen molar-refractivity contribution < 1.29 is 47.3 Å². The number of sulfone groups is 1. The van der Waals surface area contributed by atoms with Crippen LogP contribution < -0.4 is 0 Å². The quantitative estimate of drug-likeness (QED) is 0.652. The largest absolute Gasteiger partial charge is 0.478 e. The molecule has 0 saturated heterocycles. The predicted octanol–water partition coefficient (Wildman–Crippen LogP) is 1.49. The predicted molar refractivity (Wildman–Crippen MR) is 94.9 cm³/mol. The van der Waals surface area contributed by atoms with Gasteiger partial charge in [-0.3, -0.25) is 0 Å². The third-order valence-corrected chi connectivity index (χ3v) is 5.62. The van der Waals surface area contributed by atoms with Gasteiger partial charge >= 0.3 is 23.9 Å². The first-order chi connectivity index (χ1) is 13.5. The molecule has 0 saturated carbocycles. The van der Waals surface area contributed by atoms with Crippen molar-refractivity contribution in [2.24, 2.45) is 0 Å². The molecule has 0 aliphatic carbocycles. The zero-order valence-corrected chi connectivity index (χ0v) is 15.8. The highest BCUT2D eigenvalue weighted by Crippen LogP contribution is 2.26. The summed E-state index contributed by atoms with van der Waals surface area (Å²) < 4.78 is 34.8. The molecular weight excluding hydrogens is 408 g/mol. The first kappa shape index (κ1) is 21.6. The van der Waals surface area contributed by atoms with Crippen LogP contribution in [0.4, 0.5) is 0 Å². The smallest absolute Gasteiger partial charge is 0.338 e. The van der Waals surface area contributed by atoms with Gasteiger partial charge < -0.3 is 19.7 Å². The van der Waals surface area contributed by atoms with Crippen LogP contribution in [0.3, 0.4) is 0 Å². The summed E-state index contributed by atoms with van der Waals surface area (Å²) in [7, 11) is -2.35. The summed E-state index contributed by atoms with van der Waals surface area (Å²) in [6, 6.07) is 5.44. The summed E-state index contributed by atoms with van der Waals surface area (Å²) in [5.74, 6) is -5.05. The van der Waals surface area contributed by atoms with Crippen molar-refractivity contribution in [1.82, 2.24) is 0 Å². The minimum atomic E-state index is -4.35. The Morgan fingerprint density at radius 3 is 1.31 bits per heavy atom. The molecule has 29 heavy (non-hydrogen) atoms. The van der Waals surface area contributed by atoms with Gasteiger partial charge in [0, 0.05) is 0 Å². The zero-order valence-electron chi connectivity index (χ0n) is 15.0. The molecule has 0 radical (unpaired) electrons. The average molecular weight is 422 g/mol. The van der Waals surface area contributed by atoms with Gasteiger partial charge in [-0.1, -0.05) is 0 Å². The first-order valence-electron chi connectivity index (χ1n) is 7.71. The molecule has 0 aliphatic rings. The average Bonchev–Trinajstić information content (AvgIpc) is 2.71. The second-order valence-corrected chi connectivity index (χ2v) is 7.46. The van der Waals surface area contributed by atoms with E-state index in [1.807, 2.05) is 0 Å². The SMILES string of the molecule is COC(=O)c1cc(S(=O)(=O)c2ccc(C(=O)O)c(C(=O)OC)c2)ccc1C(=O)O. The third kappa shape index (κ3) is 4.09. The molecule has 0 amide bonds. The number of carboxylic acid groups (broad SMARTS) is 2. The summed E-state index contributed by atoms with van der Waals surface area (Å²) in [6.45, 7) is 0. The van der Waals surface area contributed by atoms with Crippen molar-refractivity contribution >= 4 is 33.7 Å². The maximum absolute atomic E-state index is 12.9. The highest BCUT2D eigenvalue weighted by atomic mass is 32.2. The Morgan fingerprint density at radius 2 is 1.03 bits per heavy atom. The molecule has 0 aromatic heterocycles. The maximum Gasteiger partial charge on any atom is 0.338 e. The van der Waals surface area contributed by atoms with Crippen LogP contribution in [-0.2, 0) is 19.3 Å². The second kappa shape index (κ2) is 8.10. The normalized spacial score (nSPS) is 10.8. The summed E-state index contributed by atoms with van der Waals surface area (Å²) in [4.78, 5) is 45.3. The number of benzene rings is 2. The fourth-order valence-corrected chi connectivity index (χ4v) is 3.76. The van der Waals surface area contributed by atoms with Crippen LogP contribution in [0.1, 0.15) is 41.4 Å². The fraction of sp³-hybridized carbons (Fsp3) is 0.111. The van der Waals surface area contributed by atoms with E-state index in [0.717, 1.165) is 50.6 Å². The Labute approximate surface area is 164 Å². The number of carbonyl (C=O) groups excluding carboxylic acids is 2. The zero-order chi connectivity index (χ0) is 21.9. The number of carbonyl (C=O) groups is 4. The monoisotopic (exact) mass is 422 g/mol. The van der Waals surface area contributed by atoms with Gasteiger partial charge in [0.25, 0.3) is 0 Å². The van der Waals surface area contributed by atoms with Crippen LogP contribution in [0.25, 0.3) is 0 Å². The summed E-state index contributed by atoms with van der Waals surface area (Å²) in [5.41, 5.74) is -1.91. The molecular formula is C18H14O10S. The minimum absolute atomic E-state index is 0.457. The van der Waals surface area contributed by atoms with Gasteiger partial charge in [-0.05, 0) is 36.4 Å². The Hall–Kier alpha value is -3.73. The molecule has 0 atom stereocenters. The molecule has 0 fully saturated rings. The number of carboxylic acids is 2. The Kier molecular flexibility index (Phi) is 6.03. The first-order valence-corrected chi connectivity index (χ1v) is 9.19. The Bertz CT molecular complexity index is 1050. The van der Waals surface area contributed by atoms with Crippen LogP contribution in [0.5, 0.6) is 0 Å². The lowest BCUT2D eigenvalue weighted by molar-refractivity contribution is 0.0579. The van der Waals surface area contributed by atoms with Gasteiger partial charge in [0.2, 0.25) is 9.84 Å². The van der Waals surface area contributed by atoms with E-state index in [1.54, 1.807) is 0 Å². The summed E-state index contributed by atoms with van der Waals surface area (Å²) in [5, 5.41) is 18.3. The molecule has 0 aliphatic heterocycles. The number of hydrogen-bond donors (Lipinski definition) is 2. The number of aromatic carboxylic acids is 2. The fourth-order valence-electron chi connectivity index (χ4n) is 2.45. The van der Waals surface area contributed by atoms with Crippen molar-refractivity contribution in [3.05, 3.63) is 58.7 Å². The molecule has 11 heteroatoms. The van der Waals surface area contributed by atoms with Crippen molar-refractivity contribution in [3.8, 4) is 0 Å². The number of methoxy groups -OCH3 is 2. The van der Waals surface area contributed by atoms with Crippen molar-refractivity contribution in [2.75, 3.05) is 14.2 Å². The van der Waals surface area contributed by atoms with Crippen LogP contribution in [0.15, 0.2) is 46.2 Å². The highest BCUT2D eigenvalue weighted by molar-refractivity contribution is 7.91. The van der Waals surface area contributed by atoms with Gasteiger partial charge in [-0.25, -0.2) is 27.6 Å². The van der Waals surface area contributed by atoms with E-state index >= 15 is 0 Å². The number of esters is 2. The summed E-state index contributed by atoms with van der Waals surface area (Å²) in [6.07, 6.45) is 0. The Balaban J connectivity index is 2.70. The number of ether oxygens (including phenoxy) is 2. The molecule has 0 spiro atoms. The molecule has 0 heterocycles. The lowest BCUT2D eigenvalue weighted by Crippen LogP contribution is -2.14. The highest BCUT2D eigenvalue weighted by Gasteiger charge is 2.26. The second-order valence-electron chi connectivity index (χ2n) is 5.51. The van der Waals surface area contributed by atoms with E-state index in [-0.39, 0.29) is 0 Å². The van der Waals surface area contributed by atoms with Gasteiger partial charge in [0.15, 0.2) is 0 Å². The standard InChI is InChI=1S/C18H14O10S/c1-27-17(23)13-7-9(3-5-11(13)15(19)20)29(25,26)10-4-6-12(16(21)22)14(8-10)18(24)28-2/h3-8H,1-2H3,(H,19,20)(H,21,22). The van der Waals surface area contributed by atoms with Crippen LogP contribution in [0, 0.1) is 0 Å². The van der Waals surface area contributed by atoms with Crippen molar-refractivity contribution in [1.29, 1.82) is 0 Å². The van der Waals surface area contributed by atoms with E-state index < -0.39 is 65.8 Å². The molecule has 2 aromatic carbocycles. The molecule has 2 N–H and O–H groups in total. The summed E-state index contributed by atoms with van der Waals surface area (Å²) >= 11 is 0. The maximum atomic E-state index is 12.9. The van der Waals surface area contributed by atoms with Crippen LogP contribution in [0.2, 0.25) is 0 Å². The van der Waals surface area contributed by atoms with Crippen LogP contribution >= 0.6 is 0 Å². The molecule has 2 rings (SSSR count). The molecule has 152 valence electrons. The molecule has 2 aromatic rings.